The van der Waals surface area contributed by atoms with Gasteiger partial charge in [0.25, 0.3) is 0 Å². The van der Waals surface area contributed by atoms with Crippen LogP contribution in [0.2, 0.25) is 0 Å². The van der Waals surface area contributed by atoms with E-state index in [9.17, 15) is 0 Å². The molecule has 0 spiro atoms. The second kappa shape index (κ2) is 5.86. The largest absolute Gasteiger partial charge is 0.312 e. The molecule has 1 saturated heterocycles. The minimum absolute atomic E-state index is 0.660. The summed E-state index contributed by atoms with van der Waals surface area (Å²) in [7, 11) is 0. The molecule has 3 heteroatoms. The first-order chi connectivity index (χ1) is 9.22. The SMILES string of the molecule is CC1CN(CC2CNCc3ccccc32)CC(C)S1. The predicted molar refractivity (Wildman–Crippen MR) is 83.8 cm³/mol. The number of hydrogen-bond donors (Lipinski definition) is 1. The monoisotopic (exact) mass is 276 g/mol. The summed E-state index contributed by atoms with van der Waals surface area (Å²) in [6.07, 6.45) is 0. The van der Waals surface area contributed by atoms with Crippen molar-refractivity contribution in [2.75, 3.05) is 26.2 Å². The lowest BCUT2D eigenvalue weighted by Gasteiger charge is -2.38. The Balaban J connectivity index is 1.70. The fourth-order valence-electron chi connectivity index (χ4n) is 3.49. The van der Waals surface area contributed by atoms with Gasteiger partial charge in [0.15, 0.2) is 0 Å². The summed E-state index contributed by atoms with van der Waals surface area (Å²) in [5.74, 6) is 0.660. The summed E-state index contributed by atoms with van der Waals surface area (Å²) < 4.78 is 0. The van der Waals surface area contributed by atoms with Gasteiger partial charge in [0.05, 0.1) is 0 Å². The van der Waals surface area contributed by atoms with Crippen molar-refractivity contribution in [3.8, 4) is 0 Å². The van der Waals surface area contributed by atoms with E-state index in [1.807, 2.05) is 0 Å². The Bertz CT molecular complexity index is 425. The van der Waals surface area contributed by atoms with Gasteiger partial charge in [-0.25, -0.2) is 0 Å². The van der Waals surface area contributed by atoms with Crippen LogP contribution in [-0.2, 0) is 6.54 Å². The van der Waals surface area contributed by atoms with Crippen LogP contribution in [0, 0.1) is 0 Å². The molecule has 3 unspecified atom stereocenters. The minimum Gasteiger partial charge on any atom is -0.312 e. The highest BCUT2D eigenvalue weighted by atomic mass is 32.2. The van der Waals surface area contributed by atoms with Gasteiger partial charge in [0.1, 0.15) is 0 Å². The van der Waals surface area contributed by atoms with Crippen LogP contribution in [0.5, 0.6) is 0 Å². The van der Waals surface area contributed by atoms with Crippen molar-refractivity contribution < 1.29 is 0 Å². The van der Waals surface area contributed by atoms with Crippen molar-refractivity contribution in [1.29, 1.82) is 0 Å². The third kappa shape index (κ3) is 3.15. The third-order valence-electron chi connectivity index (χ3n) is 4.17. The summed E-state index contributed by atoms with van der Waals surface area (Å²) in [4.78, 5) is 2.67. The van der Waals surface area contributed by atoms with E-state index in [0.717, 1.165) is 23.6 Å². The van der Waals surface area contributed by atoms with Gasteiger partial charge in [-0.2, -0.15) is 11.8 Å². The third-order valence-corrected chi connectivity index (χ3v) is 5.40. The maximum absolute atomic E-state index is 3.57. The quantitative estimate of drug-likeness (QED) is 0.894. The summed E-state index contributed by atoms with van der Waals surface area (Å²) in [6, 6.07) is 8.94. The Morgan fingerprint density at radius 1 is 1.21 bits per heavy atom. The first-order valence-electron chi connectivity index (χ1n) is 7.38. The Kier molecular flexibility index (Phi) is 4.15. The number of nitrogens with zero attached hydrogens (tertiary/aromatic N) is 1. The second-order valence-electron chi connectivity index (χ2n) is 6.00. The van der Waals surface area contributed by atoms with E-state index in [4.69, 9.17) is 0 Å². The molecule has 0 saturated carbocycles. The zero-order valence-electron chi connectivity index (χ0n) is 11.9. The van der Waals surface area contributed by atoms with Crippen LogP contribution in [0.15, 0.2) is 24.3 Å². The Morgan fingerprint density at radius 3 is 2.74 bits per heavy atom. The zero-order valence-corrected chi connectivity index (χ0v) is 12.7. The van der Waals surface area contributed by atoms with E-state index in [-0.39, 0.29) is 0 Å². The lowest BCUT2D eigenvalue weighted by Crippen LogP contribution is -2.44. The number of thioether (sulfide) groups is 1. The van der Waals surface area contributed by atoms with Crippen molar-refractivity contribution in [1.82, 2.24) is 10.2 Å². The Labute approximate surface area is 121 Å². The topological polar surface area (TPSA) is 15.3 Å². The van der Waals surface area contributed by atoms with Gasteiger partial charge in [0, 0.05) is 49.1 Å². The van der Waals surface area contributed by atoms with E-state index in [2.05, 4.69) is 60.1 Å². The average molecular weight is 276 g/mol. The summed E-state index contributed by atoms with van der Waals surface area (Å²) in [5, 5.41) is 5.12. The van der Waals surface area contributed by atoms with Crippen LogP contribution in [0.3, 0.4) is 0 Å². The molecule has 0 amide bonds. The van der Waals surface area contributed by atoms with Crippen molar-refractivity contribution in [2.45, 2.75) is 36.8 Å². The van der Waals surface area contributed by atoms with Crippen LogP contribution in [-0.4, -0.2) is 41.6 Å². The Morgan fingerprint density at radius 2 is 1.95 bits per heavy atom. The zero-order chi connectivity index (χ0) is 13.2. The summed E-state index contributed by atoms with van der Waals surface area (Å²) in [6.45, 7) is 10.6. The summed E-state index contributed by atoms with van der Waals surface area (Å²) >= 11 is 2.14. The van der Waals surface area contributed by atoms with Crippen molar-refractivity contribution >= 4 is 11.8 Å². The van der Waals surface area contributed by atoms with E-state index < -0.39 is 0 Å². The van der Waals surface area contributed by atoms with E-state index in [0.29, 0.717) is 5.92 Å². The van der Waals surface area contributed by atoms with Crippen LogP contribution < -0.4 is 5.32 Å². The van der Waals surface area contributed by atoms with Crippen molar-refractivity contribution in [2.24, 2.45) is 0 Å². The molecule has 104 valence electrons. The van der Waals surface area contributed by atoms with E-state index >= 15 is 0 Å². The van der Waals surface area contributed by atoms with Crippen molar-refractivity contribution in [3.63, 3.8) is 0 Å². The highest BCUT2D eigenvalue weighted by Gasteiger charge is 2.27. The van der Waals surface area contributed by atoms with Crippen LogP contribution in [0.25, 0.3) is 0 Å². The van der Waals surface area contributed by atoms with E-state index in [1.54, 1.807) is 5.56 Å². The van der Waals surface area contributed by atoms with Crippen LogP contribution in [0.4, 0.5) is 0 Å². The molecular formula is C16H24N2S. The molecule has 3 atom stereocenters. The van der Waals surface area contributed by atoms with Gasteiger partial charge in [0.2, 0.25) is 0 Å². The molecule has 19 heavy (non-hydrogen) atoms. The normalized spacial score (nSPS) is 32.0. The number of rotatable bonds is 2. The molecular weight excluding hydrogens is 252 g/mol. The first-order valence-corrected chi connectivity index (χ1v) is 8.33. The van der Waals surface area contributed by atoms with Crippen LogP contribution in [0.1, 0.15) is 30.9 Å². The second-order valence-corrected chi connectivity index (χ2v) is 7.88. The molecule has 0 aromatic heterocycles. The minimum atomic E-state index is 0.660. The number of benzene rings is 1. The highest BCUT2D eigenvalue weighted by molar-refractivity contribution is 8.00. The van der Waals surface area contributed by atoms with Gasteiger partial charge in [-0.15, -0.1) is 0 Å². The van der Waals surface area contributed by atoms with E-state index in [1.165, 1.54) is 25.2 Å². The van der Waals surface area contributed by atoms with Gasteiger partial charge >= 0.3 is 0 Å². The maximum atomic E-state index is 3.57. The molecule has 1 aromatic carbocycles. The lowest BCUT2D eigenvalue weighted by atomic mass is 9.90. The van der Waals surface area contributed by atoms with Crippen LogP contribution >= 0.6 is 11.8 Å². The van der Waals surface area contributed by atoms with Gasteiger partial charge < -0.3 is 10.2 Å². The average Bonchev–Trinajstić information content (AvgIpc) is 2.38. The number of nitrogens with one attached hydrogen (secondary N) is 1. The molecule has 0 bridgehead atoms. The lowest BCUT2D eigenvalue weighted by molar-refractivity contribution is 0.248. The molecule has 1 aromatic rings. The highest BCUT2D eigenvalue weighted by Crippen LogP contribution is 2.29. The molecule has 2 nitrogen and oxygen atoms in total. The predicted octanol–water partition coefficient (Wildman–Crippen LogP) is 2.70. The van der Waals surface area contributed by atoms with Gasteiger partial charge in [-0.1, -0.05) is 38.1 Å². The standard InChI is InChI=1S/C16H24N2S/c1-12-9-18(10-13(2)19-12)11-15-8-17-7-14-5-3-4-6-16(14)15/h3-6,12-13,15,17H,7-11H2,1-2H3. The fourth-order valence-corrected chi connectivity index (χ4v) is 4.88. The molecule has 0 radical (unpaired) electrons. The molecule has 1 N–H and O–H groups in total. The number of fused-ring (bicyclic) bond motifs is 1. The molecule has 3 rings (SSSR count). The number of hydrogen-bond acceptors (Lipinski definition) is 3. The molecule has 2 aliphatic heterocycles. The fraction of sp³-hybridized carbons (Fsp3) is 0.625. The molecule has 2 heterocycles. The summed E-state index contributed by atoms with van der Waals surface area (Å²) in [5.41, 5.74) is 3.06. The molecule has 0 aliphatic carbocycles. The molecule has 2 aliphatic rings. The smallest absolute Gasteiger partial charge is 0.0208 e. The van der Waals surface area contributed by atoms with Crippen molar-refractivity contribution in [3.05, 3.63) is 35.4 Å². The maximum Gasteiger partial charge on any atom is 0.0208 e. The van der Waals surface area contributed by atoms with Gasteiger partial charge in [-0.05, 0) is 11.1 Å². The molecule has 1 fully saturated rings. The van der Waals surface area contributed by atoms with Gasteiger partial charge in [-0.3, -0.25) is 0 Å². The Hall–Kier alpha value is -0.510. The first kappa shape index (κ1) is 13.5.